The molecule has 5 rings (SSSR count). The third-order valence-electron chi connectivity index (χ3n) is 7.57. The highest BCUT2D eigenvalue weighted by molar-refractivity contribution is 6.04. The van der Waals surface area contributed by atoms with E-state index in [1.165, 1.54) is 0 Å². The number of aromatic nitrogens is 1. The molecule has 1 N–H and O–H groups in total. The number of nitrogens with zero attached hydrogens (tertiary/aromatic N) is 3. The Morgan fingerprint density at radius 1 is 1.20 bits per heavy atom. The van der Waals surface area contributed by atoms with Crippen molar-refractivity contribution < 1.29 is 24.2 Å². The molecule has 2 aliphatic heterocycles. The fourth-order valence-electron chi connectivity index (χ4n) is 5.44. The smallest absolute Gasteiger partial charge is 0.303 e. The van der Waals surface area contributed by atoms with Gasteiger partial charge in [-0.3, -0.25) is 9.59 Å². The first kappa shape index (κ1) is 23.5. The zero-order chi connectivity index (χ0) is 24.5. The predicted octanol–water partition coefficient (Wildman–Crippen LogP) is 3.94. The SMILES string of the molecule is COc1cc2c(c(N3CCC(COc4cc(C(CC(=O)O)C5CC5)ccn4)CC3)c1)C(=O)N(C)C2. The summed E-state index contributed by atoms with van der Waals surface area (Å²) in [6, 6.07) is 7.78. The monoisotopic (exact) mass is 479 g/mol. The number of methoxy groups -OCH3 is 1. The topological polar surface area (TPSA) is 92.2 Å². The number of carboxylic acids is 1. The van der Waals surface area contributed by atoms with E-state index in [-0.39, 0.29) is 18.2 Å². The second kappa shape index (κ2) is 9.76. The van der Waals surface area contributed by atoms with Crippen molar-refractivity contribution in [3.05, 3.63) is 47.2 Å². The summed E-state index contributed by atoms with van der Waals surface area (Å²) >= 11 is 0. The quantitative estimate of drug-likeness (QED) is 0.582. The van der Waals surface area contributed by atoms with Gasteiger partial charge in [-0.15, -0.1) is 0 Å². The van der Waals surface area contributed by atoms with E-state index in [1.54, 1.807) is 18.2 Å². The molecule has 2 aromatic rings. The van der Waals surface area contributed by atoms with Crippen molar-refractivity contribution in [2.45, 2.75) is 44.6 Å². The Kier molecular flexibility index (Phi) is 6.54. The van der Waals surface area contributed by atoms with Gasteiger partial charge in [0, 0.05) is 45.0 Å². The zero-order valence-electron chi connectivity index (χ0n) is 20.4. The van der Waals surface area contributed by atoms with Crippen LogP contribution >= 0.6 is 0 Å². The first-order valence-electron chi connectivity index (χ1n) is 12.4. The molecule has 186 valence electrons. The van der Waals surface area contributed by atoms with Crippen molar-refractivity contribution in [1.82, 2.24) is 9.88 Å². The highest BCUT2D eigenvalue weighted by Gasteiger charge is 2.34. The molecule has 0 spiro atoms. The molecule has 1 atom stereocenters. The maximum atomic E-state index is 12.8. The molecule has 1 saturated carbocycles. The van der Waals surface area contributed by atoms with Crippen molar-refractivity contribution in [3.8, 4) is 11.6 Å². The van der Waals surface area contributed by atoms with Crippen LogP contribution in [0.2, 0.25) is 0 Å². The lowest BCUT2D eigenvalue weighted by Gasteiger charge is -2.34. The van der Waals surface area contributed by atoms with Gasteiger partial charge in [0.2, 0.25) is 5.88 Å². The molecule has 1 aliphatic carbocycles. The lowest BCUT2D eigenvalue weighted by Crippen LogP contribution is -2.36. The van der Waals surface area contributed by atoms with Crippen molar-refractivity contribution in [1.29, 1.82) is 0 Å². The fourth-order valence-corrected chi connectivity index (χ4v) is 5.44. The van der Waals surface area contributed by atoms with Gasteiger partial charge in [-0.2, -0.15) is 0 Å². The molecule has 1 aromatic carbocycles. The molecule has 1 unspecified atom stereocenters. The van der Waals surface area contributed by atoms with E-state index in [0.717, 1.165) is 66.9 Å². The molecule has 8 nitrogen and oxygen atoms in total. The van der Waals surface area contributed by atoms with Crippen LogP contribution in [-0.4, -0.2) is 60.7 Å². The van der Waals surface area contributed by atoms with Gasteiger partial charge >= 0.3 is 5.97 Å². The summed E-state index contributed by atoms with van der Waals surface area (Å²) in [5, 5.41) is 9.30. The van der Waals surface area contributed by atoms with E-state index in [2.05, 4.69) is 9.88 Å². The first-order chi connectivity index (χ1) is 16.9. The van der Waals surface area contributed by atoms with E-state index < -0.39 is 5.97 Å². The van der Waals surface area contributed by atoms with Crippen LogP contribution in [0.4, 0.5) is 5.69 Å². The van der Waals surface area contributed by atoms with E-state index >= 15 is 0 Å². The number of ether oxygens (including phenoxy) is 2. The molecular weight excluding hydrogens is 446 g/mol. The third-order valence-corrected chi connectivity index (χ3v) is 7.57. The van der Waals surface area contributed by atoms with E-state index in [4.69, 9.17) is 9.47 Å². The number of piperidine rings is 1. The molecule has 1 aromatic heterocycles. The number of fused-ring (bicyclic) bond motifs is 1. The summed E-state index contributed by atoms with van der Waals surface area (Å²) in [6.07, 6.45) is 5.97. The summed E-state index contributed by atoms with van der Waals surface area (Å²) in [5.41, 5.74) is 3.80. The van der Waals surface area contributed by atoms with Crippen LogP contribution < -0.4 is 14.4 Å². The third kappa shape index (κ3) is 5.06. The number of carbonyl (C=O) groups is 2. The standard InChI is InChI=1S/C27H33N3O5/c1-29-15-20-11-21(34-2)13-23(26(20)27(29)33)30-9-6-17(7-10-30)16-35-24-12-19(5-8-28-24)22(14-25(31)32)18-3-4-18/h5,8,11-13,17-18,22H,3-4,6-7,9-10,14-16H2,1-2H3,(H,31,32). The lowest BCUT2D eigenvalue weighted by atomic mass is 9.92. The number of hydrogen-bond donors (Lipinski definition) is 1. The molecule has 8 heteroatoms. The molecule has 1 saturated heterocycles. The number of anilines is 1. The van der Waals surface area contributed by atoms with Crippen molar-refractivity contribution in [2.75, 3.05) is 38.8 Å². The van der Waals surface area contributed by atoms with Crippen LogP contribution in [0.25, 0.3) is 0 Å². The van der Waals surface area contributed by atoms with Crippen LogP contribution in [0.1, 0.15) is 59.5 Å². The molecule has 0 bridgehead atoms. The Bertz CT molecular complexity index is 1110. The van der Waals surface area contributed by atoms with Gasteiger partial charge in [0.25, 0.3) is 5.91 Å². The lowest BCUT2D eigenvalue weighted by molar-refractivity contribution is -0.137. The maximum Gasteiger partial charge on any atom is 0.303 e. The van der Waals surface area contributed by atoms with Crippen molar-refractivity contribution in [3.63, 3.8) is 0 Å². The molecule has 1 amide bonds. The summed E-state index contributed by atoms with van der Waals surface area (Å²) in [6.45, 7) is 2.89. The Morgan fingerprint density at radius 2 is 1.97 bits per heavy atom. The Labute approximate surface area is 205 Å². The first-order valence-corrected chi connectivity index (χ1v) is 12.4. The Hall–Kier alpha value is -3.29. The maximum absolute atomic E-state index is 12.8. The average molecular weight is 480 g/mol. The highest BCUT2D eigenvalue weighted by atomic mass is 16.5. The van der Waals surface area contributed by atoms with Crippen molar-refractivity contribution >= 4 is 17.6 Å². The number of carbonyl (C=O) groups excluding carboxylic acids is 1. The van der Waals surface area contributed by atoms with Crippen molar-refractivity contribution in [2.24, 2.45) is 11.8 Å². The van der Waals surface area contributed by atoms with Crippen LogP contribution in [-0.2, 0) is 11.3 Å². The summed E-state index contributed by atoms with van der Waals surface area (Å²) in [4.78, 5) is 32.5. The molecular formula is C27H33N3O5. The van der Waals surface area contributed by atoms with Crippen LogP contribution in [0.3, 0.4) is 0 Å². The molecule has 2 fully saturated rings. The normalized spacial score (nSPS) is 19.0. The molecule has 35 heavy (non-hydrogen) atoms. The largest absolute Gasteiger partial charge is 0.497 e. The Balaban J connectivity index is 1.20. The van der Waals surface area contributed by atoms with E-state index in [0.29, 0.717) is 30.9 Å². The molecule has 0 radical (unpaired) electrons. The summed E-state index contributed by atoms with van der Waals surface area (Å²) in [5.74, 6) is 1.55. The van der Waals surface area contributed by atoms with Gasteiger partial charge in [0.1, 0.15) is 5.75 Å². The van der Waals surface area contributed by atoms with Gasteiger partial charge in [0.15, 0.2) is 0 Å². The number of hydrogen-bond acceptors (Lipinski definition) is 6. The van der Waals surface area contributed by atoms with Crippen LogP contribution in [0, 0.1) is 11.8 Å². The van der Waals surface area contributed by atoms with E-state index in [1.807, 2.05) is 31.3 Å². The summed E-state index contributed by atoms with van der Waals surface area (Å²) in [7, 11) is 3.49. The average Bonchev–Trinajstić information content (AvgIpc) is 3.66. The predicted molar refractivity (Wildman–Crippen MR) is 131 cm³/mol. The van der Waals surface area contributed by atoms with Gasteiger partial charge in [0.05, 0.1) is 31.4 Å². The minimum absolute atomic E-state index is 0.0347. The minimum atomic E-state index is -0.761. The van der Waals surface area contributed by atoms with Gasteiger partial charge in [-0.1, -0.05) is 0 Å². The number of rotatable bonds is 9. The van der Waals surface area contributed by atoms with Gasteiger partial charge < -0.3 is 24.4 Å². The van der Waals surface area contributed by atoms with Crippen LogP contribution in [0.15, 0.2) is 30.5 Å². The summed E-state index contributed by atoms with van der Waals surface area (Å²) < 4.78 is 11.6. The highest BCUT2D eigenvalue weighted by Crippen LogP contribution is 2.45. The molecule has 3 aliphatic rings. The second-order valence-electron chi connectivity index (χ2n) is 10.1. The van der Waals surface area contributed by atoms with E-state index in [9.17, 15) is 14.7 Å². The number of aliphatic carboxylic acids is 1. The molecule has 3 heterocycles. The second-order valence-corrected chi connectivity index (χ2v) is 10.1. The Morgan fingerprint density at radius 3 is 2.66 bits per heavy atom. The fraction of sp³-hybridized carbons (Fsp3) is 0.519. The van der Waals surface area contributed by atoms with Gasteiger partial charge in [-0.05, 0) is 66.7 Å². The minimum Gasteiger partial charge on any atom is -0.497 e. The number of carboxylic acid groups (broad SMARTS) is 1. The van der Waals surface area contributed by atoms with Gasteiger partial charge in [-0.25, -0.2) is 4.98 Å². The number of amides is 1. The number of pyridine rings is 1. The number of benzene rings is 1. The van der Waals surface area contributed by atoms with Crippen LogP contribution in [0.5, 0.6) is 11.6 Å². The zero-order valence-corrected chi connectivity index (χ0v) is 20.4.